The van der Waals surface area contributed by atoms with Crippen LogP contribution in [0.15, 0.2) is 6.33 Å². The first-order chi connectivity index (χ1) is 8.50. The van der Waals surface area contributed by atoms with Crippen LogP contribution in [0.1, 0.15) is 41.8 Å². The number of aromatic nitrogens is 6. The number of aromatic carboxylic acids is 1. The molecule has 0 aliphatic rings. The number of carboxylic acid groups (broad SMARTS) is 1. The number of hydrogen-bond donors (Lipinski definition) is 1. The van der Waals surface area contributed by atoms with Gasteiger partial charge in [0, 0.05) is 7.05 Å². The molecule has 0 spiro atoms. The highest BCUT2D eigenvalue weighted by molar-refractivity contribution is 5.86. The van der Waals surface area contributed by atoms with Crippen LogP contribution in [0.4, 0.5) is 0 Å². The Balaban J connectivity index is 2.40. The maximum absolute atomic E-state index is 11.1. The van der Waals surface area contributed by atoms with E-state index in [4.69, 9.17) is 5.11 Å². The van der Waals surface area contributed by atoms with Gasteiger partial charge in [-0.2, -0.15) is 0 Å². The Morgan fingerprint density at radius 3 is 2.67 bits per heavy atom. The van der Waals surface area contributed by atoms with Gasteiger partial charge in [0.15, 0.2) is 11.5 Å². The van der Waals surface area contributed by atoms with Gasteiger partial charge in [0.2, 0.25) is 0 Å². The molecule has 0 bridgehead atoms. The fraction of sp³-hybridized carbons (Fsp3) is 0.500. The Hall–Kier alpha value is -2.25. The molecule has 18 heavy (non-hydrogen) atoms. The van der Waals surface area contributed by atoms with Crippen LogP contribution in [-0.4, -0.2) is 40.8 Å². The number of rotatable bonds is 4. The van der Waals surface area contributed by atoms with Crippen LogP contribution in [0.3, 0.4) is 0 Å². The quantitative estimate of drug-likeness (QED) is 0.836. The molecule has 2 heterocycles. The maximum atomic E-state index is 11.1. The smallest absolute Gasteiger partial charge is 0.358 e. The number of carbonyl (C=O) groups is 1. The molecule has 0 fully saturated rings. The summed E-state index contributed by atoms with van der Waals surface area (Å²) < 4.78 is 3.31. The van der Waals surface area contributed by atoms with E-state index in [9.17, 15) is 4.79 Å². The predicted octanol–water partition coefficient (Wildman–Crippen LogP) is 0.276. The van der Waals surface area contributed by atoms with E-state index >= 15 is 0 Å². The van der Waals surface area contributed by atoms with Gasteiger partial charge in [-0.1, -0.05) is 19.1 Å². The molecule has 0 unspecified atom stereocenters. The Labute approximate surface area is 103 Å². The van der Waals surface area contributed by atoms with Crippen molar-refractivity contribution < 1.29 is 9.90 Å². The SMILES string of the molecule is CC(C)c1c(C(=O)O)nnn1Cc1nncn1C. The van der Waals surface area contributed by atoms with Gasteiger partial charge >= 0.3 is 5.97 Å². The third-order valence-corrected chi connectivity index (χ3v) is 2.62. The highest BCUT2D eigenvalue weighted by atomic mass is 16.4. The van der Waals surface area contributed by atoms with Gasteiger partial charge in [0.25, 0.3) is 0 Å². The lowest BCUT2D eigenvalue weighted by atomic mass is 10.1. The summed E-state index contributed by atoms with van der Waals surface area (Å²) in [4.78, 5) is 11.1. The average Bonchev–Trinajstić information content (AvgIpc) is 2.86. The third kappa shape index (κ3) is 2.08. The van der Waals surface area contributed by atoms with E-state index in [1.807, 2.05) is 20.9 Å². The van der Waals surface area contributed by atoms with E-state index in [-0.39, 0.29) is 11.6 Å². The molecule has 96 valence electrons. The van der Waals surface area contributed by atoms with Gasteiger partial charge in [-0.25, -0.2) is 9.48 Å². The molecule has 0 aromatic carbocycles. The zero-order chi connectivity index (χ0) is 13.3. The third-order valence-electron chi connectivity index (χ3n) is 2.62. The van der Waals surface area contributed by atoms with Crippen molar-refractivity contribution in [3.63, 3.8) is 0 Å². The topological polar surface area (TPSA) is 98.7 Å². The fourth-order valence-corrected chi connectivity index (χ4v) is 1.75. The molecule has 2 rings (SSSR count). The molecular weight excluding hydrogens is 236 g/mol. The van der Waals surface area contributed by atoms with E-state index < -0.39 is 5.97 Å². The Bertz CT molecular complexity index is 571. The van der Waals surface area contributed by atoms with Crippen molar-refractivity contribution in [3.8, 4) is 0 Å². The molecule has 0 amide bonds. The van der Waals surface area contributed by atoms with Crippen LogP contribution >= 0.6 is 0 Å². The van der Waals surface area contributed by atoms with Crippen molar-refractivity contribution in [2.45, 2.75) is 26.3 Å². The van der Waals surface area contributed by atoms with E-state index in [1.54, 1.807) is 15.6 Å². The molecule has 2 aromatic rings. The number of nitrogens with zero attached hydrogens (tertiary/aromatic N) is 6. The van der Waals surface area contributed by atoms with Gasteiger partial charge in [0.1, 0.15) is 12.9 Å². The lowest BCUT2D eigenvalue weighted by molar-refractivity contribution is 0.0688. The van der Waals surface area contributed by atoms with Gasteiger partial charge < -0.3 is 9.67 Å². The molecule has 0 radical (unpaired) electrons. The predicted molar refractivity (Wildman–Crippen MR) is 61.2 cm³/mol. The molecule has 8 nitrogen and oxygen atoms in total. The van der Waals surface area contributed by atoms with Gasteiger partial charge in [-0.05, 0) is 5.92 Å². The number of aryl methyl sites for hydroxylation is 1. The lowest BCUT2D eigenvalue weighted by Gasteiger charge is -2.09. The van der Waals surface area contributed by atoms with Crippen molar-refractivity contribution in [3.05, 3.63) is 23.5 Å². The summed E-state index contributed by atoms with van der Waals surface area (Å²) >= 11 is 0. The van der Waals surface area contributed by atoms with Crippen LogP contribution < -0.4 is 0 Å². The average molecular weight is 250 g/mol. The molecule has 0 saturated heterocycles. The van der Waals surface area contributed by atoms with Crippen LogP contribution in [-0.2, 0) is 13.6 Å². The van der Waals surface area contributed by atoms with Crippen LogP contribution in [0.2, 0.25) is 0 Å². The molecular formula is C10H14N6O2. The van der Waals surface area contributed by atoms with Crippen LogP contribution in [0.5, 0.6) is 0 Å². The summed E-state index contributed by atoms with van der Waals surface area (Å²) in [5.74, 6) is -0.360. The van der Waals surface area contributed by atoms with Crippen molar-refractivity contribution >= 4 is 5.97 Å². The molecule has 1 N–H and O–H groups in total. The molecule has 8 heteroatoms. The highest BCUT2D eigenvalue weighted by Gasteiger charge is 2.22. The Kier molecular flexibility index (Phi) is 3.09. The monoisotopic (exact) mass is 250 g/mol. The van der Waals surface area contributed by atoms with Crippen molar-refractivity contribution in [1.29, 1.82) is 0 Å². The second-order valence-electron chi connectivity index (χ2n) is 4.30. The first kappa shape index (κ1) is 12.2. The summed E-state index contributed by atoms with van der Waals surface area (Å²) in [5, 5.41) is 24.4. The minimum absolute atomic E-state index is 0.00725. The van der Waals surface area contributed by atoms with Gasteiger partial charge in [-0.15, -0.1) is 15.3 Å². The second kappa shape index (κ2) is 4.55. The standard InChI is InChI=1S/C10H14N6O2/c1-6(2)9-8(10(17)18)13-14-16(9)4-7-12-11-5-15(7)3/h5-6H,4H2,1-3H3,(H,17,18). The largest absolute Gasteiger partial charge is 0.476 e. The first-order valence-electron chi connectivity index (χ1n) is 5.50. The van der Waals surface area contributed by atoms with Crippen molar-refractivity contribution in [2.75, 3.05) is 0 Å². The molecule has 0 atom stereocenters. The van der Waals surface area contributed by atoms with E-state index in [0.29, 0.717) is 18.1 Å². The van der Waals surface area contributed by atoms with Crippen molar-refractivity contribution in [2.24, 2.45) is 7.05 Å². The minimum atomic E-state index is -1.07. The van der Waals surface area contributed by atoms with Crippen molar-refractivity contribution in [1.82, 2.24) is 29.8 Å². The van der Waals surface area contributed by atoms with E-state index in [1.165, 1.54) is 0 Å². The maximum Gasteiger partial charge on any atom is 0.358 e. The zero-order valence-corrected chi connectivity index (χ0v) is 10.4. The fourth-order valence-electron chi connectivity index (χ4n) is 1.75. The van der Waals surface area contributed by atoms with E-state index in [0.717, 1.165) is 0 Å². The Morgan fingerprint density at radius 1 is 1.44 bits per heavy atom. The first-order valence-corrected chi connectivity index (χ1v) is 5.50. The molecule has 0 aliphatic carbocycles. The number of carboxylic acids is 1. The van der Waals surface area contributed by atoms with Gasteiger partial charge in [-0.3, -0.25) is 0 Å². The summed E-state index contributed by atoms with van der Waals surface area (Å²) in [6.07, 6.45) is 1.58. The molecule has 0 aliphatic heterocycles. The molecule has 0 saturated carbocycles. The van der Waals surface area contributed by atoms with Crippen LogP contribution in [0.25, 0.3) is 0 Å². The molecule has 2 aromatic heterocycles. The van der Waals surface area contributed by atoms with Gasteiger partial charge in [0.05, 0.1) is 5.69 Å². The Morgan fingerprint density at radius 2 is 2.17 bits per heavy atom. The second-order valence-corrected chi connectivity index (χ2v) is 4.30. The summed E-state index contributed by atoms with van der Waals surface area (Å²) in [6, 6.07) is 0. The summed E-state index contributed by atoms with van der Waals surface area (Å²) in [7, 11) is 1.82. The summed E-state index contributed by atoms with van der Waals surface area (Å²) in [6.45, 7) is 4.15. The zero-order valence-electron chi connectivity index (χ0n) is 10.4. The van der Waals surface area contributed by atoms with Crippen LogP contribution in [0, 0.1) is 0 Å². The minimum Gasteiger partial charge on any atom is -0.476 e. The lowest BCUT2D eigenvalue weighted by Crippen LogP contribution is -2.13. The number of hydrogen-bond acceptors (Lipinski definition) is 5. The normalized spacial score (nSPS) is 11.1. The highest BCUT2D eigenvalue weighted by Crippen LogP contribution is 2.18. The summed E-state index contributed by atoms with van der Waals surface area (Å²) in [5.41, 5.74) is 0.581. The van der Waals surface area contributed by atoms with E-state index in [2.05, 4.69) is 20.5 Å².